The zero-order chi connectivity index (χ0) is 15.2. The summed E-state index contributed by atoms with van der Waals surface area (Å²) in [5.41, 5.74) is 1.67. The van der Waals surface area contributed by atoms with E-state index in [-0.39, 0.29) is 17.6 Å². The maximum Gasteiger partial charge on any atom is 0.294 e. The van der Waals surface area contributed by atoms with E-state index >= 15 is 0 Å². The molecule has 0 aliphatic carbocycles. The van der Waals surface area contributed by atoms with E-state index in [2.05, 4.69) is 15.9 Å². The maximum absolute atomic E-state index is 12.4. The zero-order valence-corrected chi connectivity index (χ0v) is 13.4. The molecule has 6 nitrogen and oxygen atoms in total. The minimum Gasteiger partial charge on any atom is -0.371 e. The molecule has 7 heteroatoms. The first-order chi connectivity index (χ1) is 9.25. The van der Waals surface area contributed by atoms with Crippen LogP contribution in [-0.2, 0) is 6.54 Å². The molecule has 1 aromatic carbocycles. The highest BCUT2D eigenvalue weighted by atomic mass is 79.9. The summed E-state index contributed by atoms with van der Waals surface area (Å²) in [7, 11) is 3.44. The highest BCUT2D eigenvalue weighted by molar-refractivity contribution is 9.10. The molecule has 20 heavy (non-hydrogen) atoms. The molecule has 0 radical (unpaired) electrons. The van der Waals surface area contributed by atoms with Crippen molar-refractivity contribution in [2.75, 3.05) is 19.0 Å². The second-order valence-corrected chi connectivity index (χ2v) is 6.06. The topological polar surface area (TPSA) is 66.7 Å². The van der Waals surface area contributed by atoms with Gasteiger partial charge in [-0.1, -0.05) is 0 Å². The molecule has 0 fully saturated rings. The highest BCUT2D eigenvalue weighted by Gasteiger charge is 2.36. The van der Waals surface area contributed by atoms with Crippen molar-refractivity contribution in [1.29, 1.82) is 0 Å². The number of anilines is 1. The first-order valence-corrected chi connectivity index (χ1v) is 7.03. The number of carbonyl (C=O) groups excluding carboxylic acids is 1. The van der Waals surface area contributed by atoms with E-state index in [1.165, 1.54) is 6.07 Å². The fourth-order valence-electron chi connectivity index (χ4n) is 2.41. The number of carbonyl (C=O) groups is 1. The fraction of sp³-hybridized carbons (Fsp3) is 0.462. The molecule has 0 unspecified atom stereocenters. The van der Waals surface area contributed by atoms with Crippen molar-refractivity contribution in [3.8, 4) is 0 Å². The van der Waals surface area contributed by atoms with Gasteiger partial charge in [-0.3, -0.25) is 14.9 Å². The molecule has 2 rings (SSSR count). The number of nitrogens with zero attached hydrogens (tertiary/aromatic N) is 3. The summed E-state index contributed by atoms with van der Waals surface area (Å²) in [6.45, 7) is 4.27. The Morgan fingerprint density at radius 1 is 1.45 bits per heavy atom. The molecule has 0 spiro atoms. The molecule has 0 saturated carbocycles. The van der Waals surface area contributed by atoms with Crippen molar-refractivity contribution in [1.82, 2.24) is 4.90 Å². The number of rotatable bonds is 3. The molecule has 1 heterocycles. The van der Waals surface area contributed by atoms with Crippen molar-refractivity contribution >= 4 is 33.2 Å². The summed E-state index contributed by atoms with van der Waals surface area (Å²) in [5.74, 6) is -0.0835. The van der Waals surface area contributed by atoms with Crippen LogP contribution in [-0.4, -0.2) is 35.9 Å². The van der Waals surface area contributed by atoms with E-state index in [0.717, 1.165) is 0 Å². The summed E-state index contributed by atoms with van der Waals surface area (Å²) in [4.78, 5) is 26.6. The average Bonchev–Trinajstić information content (AvgIpc) is 2.66. The molecule has 1 aromatic rings. The molecule has 0 N–H and O–H groups in total. The first kappa shape index (κ1) is 14.8. The Bertz CT molecular complexity index is 599. The third kappa shape index (κ3) is 2.15. The summed E-state index contributed by atoms with van der Waals surface area (Å²) >= 11 is 3.38. The van der Waals surface area contributed by atoms with Gasteiger partial charge in [-0.05, 0) is 35.3 Å². The minimum atomic E-state index is -0.414. The predicted molar refractivity (Wildman–Crippen MR) is 80.1 cm³/mol. The first-order valence-electron chi connectivity index (χ1n) is 6.23. The van der Waals surface area contributed by atoms with E-state index in [9.17, 15) is 14.9 Å². The van der Waals surface area contributed by atoms with Crippen molar-refractivity contribution in [2.24, 2.45) is 0 Å². The highest BCUT2D eigenvalue weighted by Crippen LogP contribution is 2.42. The van der Waals surface area contributed by atoms with E-state index in [1.807, 2.05) is 13.8 Å². The van der Waals surface area contributed by atoms with Crippen molar-refractivity contribution < 1.29 is 9.72 Å². The number of hydrogen-bond acceptors (Lipinski definition) is 4. The summed E-state index contributed by atoms with van der Waals surface area (Å²) in [5, 5.41) is 11.2. The summed E-state index contributed by atoms with van der Waals surface area (Å²) in [6.07, 6.45) is 0. The zero-order valence-electron chi connectivity index (χ0n) is 11.8. The SMILES string of the molecule is CC(C)N1Cc2cc([N+](=O)[O-])c(N(C)C)c(Br)c2C1=O. The lowest BCUT2D eigenvalue weighted by Gasteiger charge is -2.20. The molecule has 108 valence electrons. The van der Waals surface area contributed by atoms with Crippen LogP contribution in [0, 0.1) is 10.1 Å². The standard InChI is InChI=1S/C13H16BrN3O3/c1-7(2)16-6-8-5-9(17(19)20)12(15(3)4)11(14)10(8)13(16)18/h5,7H,6H2,1-4H3. The average molecular weight is 342 g/mol. The van der Waals surface area contributed by atoms with Crippen LogP contribution < -0.4 is 4.90 Å². The van der Waals surface area contributed by atoms with Crippen LogP contribution in [0.25, 0.3) is 0 Å². The number of benzene rings is 1. The van der Waals surface area contributed by atoms with Crippen molar-refractivity contribution in [2.45, 2.75) is 26.4 Å². The summed E-state index contributed by atoms with van der Waals surface area (Å²) in [6, 6.07) is 1.57. The third-order valence-electron chi connectivity index (χ3n) is 3.38. The normalized spacial score (nSPS) is 13.9. The van der Waals surface area contributed by atoms with Gasteiger partial charge >= 0.3 is 0 Å². The lowest BCUT2D eigenvalue weighted by molar-refractivity contribution is -0.384. The number of hydrogen-bond donors (Lipinski definition) is 0. The lowest BCUT2D eigenvalue weighted by Crippen LogP contribution is -2.30. The van der Waals surface area contributed by atoms with E-state index < -0.39 is 4.92 Å². The molecule has 1 aliphatic rings. The van der Waals surface area contributed by atoms with Gasteiger partial charge in [0, 0.05) is 32.7 Å². The van der Waals surface area contributed by atoms with E-state index in [4.69, 9.17) is 0 Å². The quantitative estimate of drug-likeness (QED) is 0.626. The Labute approximate surface area is 125 Å². The van der Waals surface area contributed by atoms with Gasteiger partial charge in [0.05, 0.1) is 15.0 Å². The van der Waals surface area contributed by atoms with Crippen LogP contribution in [0.15, 0.2) is 10.5 Å². The molecule has 0 saturated heterocycles. The molecule has 0 atom stereocenters. The van der Waals surface area contributed by atoms with Crippen LogP contribution in [0.1, 0.15) is 29.8 Å². The molecular weight excluding hydrogens is 326 g/mol. The Balaban J connectivity index is 2.68. The monoisotopic (exact) mass is 341 g/mol. The number of fused-ring (bicyclic) bond motifs is 1. The van der Waals surface area contributed by atoms with E-state index in [1.54, 1.807) is 23.9 Å². The van der Waals surface area contributed by atoms with Gasteiger partial charge in [0.2, 0.25) is 0 Å². The molecule has 0 bridgehead atoms. The lowest BCUT2D eigenvalue weighted by atomic mass is 10.1. The van der Waals surface area contributed by atoms with Crippen LogP contribution >= 0.6 is 15.9 Å². The van der Waals surface area contributed by atoms with Gasteiger partial charge < -0.3 is 9.80 Å². The Hall–Kier alpha value is -1.63. The van der Waals surface area contributed by atoms with Crippen molar-refractivity contribution in [3.05, 3.63) is 31.8 Å². The Morgan fingerprint density at radius 3 is 2.50 bits per heavy atom. The fourth-order valence-corrected chi connectivity index (χ4v) is 3.40. The number of amides is 1. The Morgan fingerprint density at radius 2 is 2.05 bits per heavy atom. The number of halogens is 1. The minimum absolute atomic E-state index is 0.0130. The maximum atomic E-state index is 12.4. The van der Waals surface area contributed by atoms with Gasteiger partial charge in [-0.25, -0.2) is 0 Å². The predicted octanol–water partition coefficient (Wildman–Crippen LogP) is 2.79. The molecule has 1 amide bonds. The van der Waals surface area contributed by atoms with Crippen LogP contribution in [0.4, 0.5) is 11.4 Å². The number of nitro benzene ring substituents is 1. The van der Waals surface area contributed by atoms with Gasteiger partial charge in [0.15, 0.2) is 0 Å². The van der Waals surface area contributed by atoms with E-state index in [0.29, 0.717) is 27.8 Å². The van der Waals surface area contributed by atoms with Crippen LogP contribution in [0.2, 0.25) is 0 Å². The molecule has 1 aliphatic heterocycles. The Kier molecular flexibility index (Phi) is 3.73. The smallest absolute Gasteiger partial charge is 0.294 e. The van der Waals surface area contributed by atoms with Gasteiger partial charge in [0.25, 0.3) is 11.6 Å². The second kappa shape index (κ2) is 5.05. The van der Waals surface area contributed by atoms with Gasteiger partial charge in [0.1, 0.15) is 5.69 Å². The summed E-state index contributed by atoms with van der Waals surface area (Å²) < 4.78 is 0.500. The number of nitro groups is 1. The van der Waals surface area contributed by atoms with Gasteiger partial charge in [-0.2, -0.15) is 0 Å². The van der Waals surface area contributed by atoms with Gasteiger partial charge in [-0.15, -0.1) is 0 Å². The van der Waals surface area contributed by atoms with Crippen LogP contribution in [0.5, 0.6) is 0 Å². The molecule has 0 aromatic heterocycles. The third-order valence-corrected chi connectivity index (χ3v) is 4.16. The van der Waals surface area contributed by atoms with Crippen molar-refractivity contribution in [3.63, 3.8) is 0 Å². The second-order valence-electron chi connectivity index (χ2n) is 5.27. The molecular formula is C13H16BrN3O3. The largest absolute Gasteiger partial charge is 0.371 e. The van der Waals surface area contributed by atoms with Crippen LogP contribution in [0.3, 0.4) is 0 Å².